The molecule has 1 heterocycles. The fraction of sp³-hybridized carbons (Fsp3) is 0.500. The predicted molar refractivity (Wildman–Crippen MR) is 72.4 cm³/mol. The first-order valence-electron chi connectivity index (χ1n) is 5.99. The molecule has 0 radical (unpaired) electrons. The number of hydrogen-bond acceptors (Lipinski definition) is 5. The zero-order chi connectivity index (χ0) is 13.1. The lowest BCUT2D eigenvalue weighted by Crippen LogP contribution is -2.10. The molecule has 0 saturated heterocycles. The minimum Gasteiger partial charge on any atom is -0.396 e. The Labute approximate surface area is 110 Å². The van der Waals surface area contributed by atoms with Crippen molar-refractivity contribution < 1.29 is 4.79 Å². The van der Waals surface area contributed by atoms with E-state index in [9.17, 15) is 4.79 Å². The number of rotatable bonds is 4. The fourth-order valence-corrected chi connectivity index (χ4v) is 3.24. The summed E-state index contributed by atoms with van der Waals surface area (Å²) in [7, 11) is 0. The quantitative estimate of drug-likeness (QED) is 0.772. The molecular weight excluding hydrogens is 248 g/mol. The van der Waals surface area contributed by atoms with Crippen molar-refractivity contribution in [3.05, 3.63) is 10.4 Å². The molecule has 6 heteroatoms. The van der Waals surface area contributed by atoms with E-state index >= 15 is 0 Å². The highest BCUT2D eigenvalue weighted by molar-refractivity contribution is 7.18. The fourth-order valence-electron chi connectivity index (χ4n) is 2.31. The molecule has 2 rings (SSSR count). The maximum atomic E-state index is 11.2. The first-order valence-corrected chi connectivity index (χ1v) is 6.81. The molecule has 1 aromatic rings. The summed E-state index contributed by atoms with van der Waals surface area (Å²) in [5.41, 5.74) is 11.5. The van der Waals surface area contributed by atoms with Crippen molar-refractivity contribution in [2.45, 2.75) is 25.7 Å². The maximum absolute atomic E-state index is 11.2. The monoisotopic (exact) mass is 264 g/mol. The van der Waals surface area contributed by atoms with Crippen molar-refractivity contribution in [3.63, 3.8) is 0 Å². The molecule has 1 fully saturated rings. The molecule has 0 unspecified atom stereocenters. The maximum Gasteiger partial charge on any atom is 0.261 e. The Morgan fingerprint density at radius 1 is 1.50 bits per heavy atom. The standard InChI is InChI=1S/C12H16N4OS/c13-5-8-9(14)10(11(15)17)18-12(8)16-6-7-3-1-2-4-7/h7,16H,1-4,6,14H2,(H2,15,17). The lowest BCUT2D eigenvalue weighted by atomic mass is 10.1. The Bertz CT molecular complexity index is 497. The van der Waals surface area contributed by atoms with Gasteiger partial charge in [0.1, 0.15) is 21.5 Å². The number of thiophene rings is 1. The molecule has 1 aromatic heterocycles. The van der Waals surface area contributed by atoms with Crippen LogP contribution in [0.25, 0.3) is 0 Å². The second-order valence-electron chi connectivity index (χ2n) is 4.56. The van der Waals surface area contributed by atoms with Gasteiger partial charge in [-0.15, -0.1) is 11.3 Å². The molecule has 1 aliphatic rings. The van der Waals surface area contributed by atoms with E-state index in [0.29, 0.717) is 16.5 Å². The Balaban J connectivity index is 2.14. The topological polar surface area (TPSA) is 105 Å². The van der Waals surface area contributed by atoms with Gasteiger partial charge >= 0.3 is 0 Å². The van der Waals surface area contributed by atoms with Crippen molar-refractivity contribution in [2.24, 2.45) is 11.7 Å². The first-order chi connectivity index (χ1) is 8.63. The van der Waals surface area contributed by atoms with Crippen molar-refractivity contribution in [2.75, 3.05) is 17.6 Å². The highest BCUT2D eigenvalue weighted by atomic mass is 32.1. The van der Waals surface area contributed by atoms with Gasteiger partial charge in [0, 0.05) is 6.54 Å². The number of nitrogens with two attached hydrogens (primary N) is 2. The second kappa shape index (κ2) is 5.27. The van der Waals surface area contributed by atoms with Gasteiger partial charge in [0.05, 0.1) is 5.69 Å². The van der Waals surface area contributed by atoms with Gasteiger partial charge in [0.15, 0.2) is 0 Å². The van der Waals surface area contributed by atoms with Crippen LogP contribution in [0.5, 0.6) is 0 Å². The summed E-state index contributed by atoms with van der Waals surface area (Å²) < 4.78 is 0. The molecule has 1 amide bonds. The van der Waals surface area contributed by atoms with E-state index in [1.165, 1.54) is 37.0 Å². The summed E-state index contributed by atoms with van der Waals surface area (Å²) in [4.78, 5) is 11.4. The molecule has 5 N–H and O–H groups in total. The number of anilines is 2. The molecule has 0 aliphatic heterocycles. The smallest absolute Gasteiger partial charge is 0.261 e. The molecule has 18 heavy (non-hydrogen) atoms. The van der Waals surface area contributed by atoms with Gasteiger partial charge in [-0.25, -0.2) is 0 Å². The first kappa shape index (κ1) is 12.7. The lowest BCUT2D eigenvalue weighted by molar-refractivity contribution is 0.100. The molecule has 1 aliphatic carbocycles. The Hall–Kier alpha value is -1.74. The number of amides is 1. The number of hydrogen-bond donors (Lipinski definition) is 3. The molecule has 0 spiro atoms. The predicted octanol–water partition coefficient (Wildman–Crippen LogP) is 1.90. The van der Waals surface area contributed by atoms with Crippen LogP contribution in [-0.4, -0.2) is 12.5 Å². The summed E-state index contributed by atoms with van der Waals surface area (Å²) >= 11 is 1.17. The number of nitrogen functional groups attached to an aromatic ring is 1. The lowest BCUT2D eigenvalue weighted by Gasteiger charge is -2.10. The van der Waals surface area contributed by atoms with Crippen molar-refractivity contribution in [1.82, 2.24) is 0 Å². The van der Waals surface area contributed by atoms with Gasteiger partial charge in [-0.05, 0) is 18.8 Å². The van der Waals surface area contributed by atoms with E-state index in [2.05, 4.69) is 5.32 Å². The number of carbonyl (C=O) groups excluding carboxylic acids is 1. The third-order valence-corrected chi connectivity index (χ3v) is 4.48. The average molecular weight is 264 g/mol. The van der Waals surface area contributed by atoms with Crippen LogP contribution in [0.4, 0.5) is 10.7 Å². The van der Waals surface area contributed by atoms with Crippen LogP contribution in [0.2, 0.25) is 0 Å². The van der Waals surface area contributed by atoms with Crippen LogP contribution in [-0.2, 0) is 0 Å². The second-order valence-corrected chi connectivity index (χ2v) is 5.58. The Morgan fingerprint density at radius 3 is 2.72 bits per heavy atom. The number of primary amides is 1. The molecule has 96 valence electrons. The molecule has 0 bridgehead atoms. The van der Waals surface area contributed by atoms with Gasteiger partial charge in [-0.3, -0.25) is 4.79 Å². The van der Waals surface area contributed by atoms with Gasteiger partial charge in [0.2, 0.25) is 0 Å². The molecule has 1 saturated carbocycles. The van der Waals surface area contributed by atoms with Crippen molar-refractivity contribution in [1.29, 1.82) is 5.26 Å². The molecule has 5 nitrogen and oxygen atoms in total. The van der Waals surface area contributed by atoms with Crippen LogP contribution in [0.15, 0.2) is 0 Å². The number of nitriles is 1. The Kier molecular flexibility index (Phi) is 3.72. The van der Waals surface area contributed by atoms with E-state index in [4.69, 9.17) is 16.7 Å². The van der Waals surface area contributed by atoms with Crippen LogP contribution >= 0.6 is 11.3 Å². The number of nitrogens with one attached hydrogen (secondary N) is 1. The van der Waals surface area contributed by atoms with Crippen LogP contribution in [0.1, 0.15) is 40.9 Å². The average Bonchev–Trinajstić information content (AvgIpc) is 2.93. The van der Waals surface area contributed by atoms with Gasteiger partial charge < -0.3 is 16.8 Å². The third kappa shape index (κ3) is 2.41. The minimum atomic E-state index is -0.581. The summed E-state index contributed by atoms with van der Waals surface area (Å²) in [6.07, 6.45) is 4.99. The van der Waals surface area contributed by atoms with Crippen LogP contribution in [0.3, 0.4) is 0 Å². The number of carbonyl (C=O) groups is 1. The van der Waals surface area contributed by atoms with Gasteiger partial charge in [0.25, 0.3) is 5.91 Å². The number of nitrogens with zero attached hydrogens (tertiary/aromatic N) is 1. The van der Waals surface area contributed by atoms with Crippen molar-refractivity contribution >= 4 is 27.9 Å². The Morgan fingerprint density at radius 2 is 2.17 bits per heavy atom. The zero-order valence-corrected chi connectivity index (χ0v) is 10.8. The van der Waals surface area contributed by atoms with Crippen molar-refractivity contribution in [3.8, 4) is 6.07 Å². The van der Waals surface area contributed by atoms with E-state index < -0.39 is 5.91 Å². The third-order valence-electron chi connectivity index (χ3n) is 3.31. The summed E-state index contributed by atoms with van der Waals surface area (Å²) in [5.74, 6) is 0.0693. The SMILES string of the molecule is N#Cc1c(NCC2CCCC2)sc(C(N)=O)c1N. The summed E-state index contributed by atoms with van der Waals surface area (Å²) in [6.45, 7) is 0.826. The highest BCUT2D eigenvalue weighted by Crippen LogP contribution is 2.35. The van der Waals surface area contributed by atoms with Gasteiger partial charge in [-0.2, -0.15) is 5.26 Å². The molecule has 0 atom stereocenters. The van der Waals surface area contributed by atoms with Gasteiger partial charge in [-0.1, -0.05) is 12.8 Å². The summed E-state index contributed by atoms with van der Waals surface area (Å²) in [5, 5.41) is 13.0. The normalized spacial score (nSPS) is 15.5. The molecular formula is C12H16N4OS. The zero-order valence-electron chi connectivity index (χ0n) is 10.0. The largest absolute Gasteiger partial charge is 0.396 e. The van der Waals surface area contributed by atoms with E-state index in [1.54, 1.807) is 0 Å². The van der Waals surface area contributed by atoms with E-state index in [0.717, 1.165) is 6.54 Å². The minimum absolute atomic E-state index is 0.198. The van der Waals surface area contributed by atoms with Crippen LogP contribution < -0.4 is 16.8 Å². The van der Waals surface area contributed by atoms with Crippen LogP contribution in [0, 0.1) is 17.2 Å². The van der Waals surface area contributed by atoms with E-state index in [-0.39, 0.29) is 10.6 Å². The highest BCUT2D eigenvalue weighted by Gasteiger charge is 2.21. The summed E-state index contributed by atoms with van der Waals surface area (Å²) in [6, 6.07) is 2.03. The molecule has 0 aromatic carbocycles. The van der Waals surface area contributed by atoms with E-state index in [1.807, 2.05) is 6.07 Å².